The van der Waals surface area contributed by atoms with Crippen LogP contribution in [0, 0.1) is 0 Å². The Hall–Kier alpha value is -6.98. The Morgan fingerprint density at radius 2 is 1.11 bits per heavy atom. The van der Waals surface area contributed by atoms with Gasteiger partial charge in [-0.3, -0.25) is 4.90 Å². The summed E-state index contributed by atoms with van der Waals surface area (Å²) in [5, 5.41) is 11.0. The Bertz CT molecular complexity index is 2560. The van der Waals surface area contributed by atoms with Crippen molar-refractivity contribution in [2.45, 2.75) is 19.3 Å². The van der Waals surface area contributed by atoms with Crippen molar-refractivity contribution >= 4 is 34.3 Å². The van der Waals surface area contributed by atoms with Crippen LogP contribution in [0.25, 0.3) is 33.6 Å². The molecule has 2 heterocycles. The number of para-hydroxylation sites is 3. The van der Waals surface area contributed by atoms with E-state index < -0.39 is 0 Å². The van der Waals surface area contributed by atoms with Gasteiger partial charge in [-0.15, -0.1) is 0 Å². The second-order valence-corrected chi connectivity index (χ2v) is 14.1. The summed E-state index contributed by atoms with van der Waals surface area (Å²) in [5.41, 5.74) is 12.6. The van der Waals surface area contributed by atoms with Crippen LogP contribution in [0.3, 0.4) is 0 Å². The first-order valence-corrected chi connectivity index (χ1v) is 18.2. The molecule has 0 spiro atoms. The second-order valence-electron chi connectivity index (χ2n) is 14.1. The number of anilines is 6. The molecule has 2 aromatic heterocycles. The van der Waals surface area contributed by atoms with Gasteiger partial charge in [0.1, 0.15) is 11.6 Å². The van der Waals surface area contributed by atoms with Crippen molar-refractivity contribution in [1.29, 1.82) is 0 Å². The van der Waals surface area contributed by atoms with Crippen LogP contribution < -0.4 is 9.80 Å². The minimum absolute atomic E-state index is 0.257. The zero-order valence-corrected chi connectivity index (χ0v) is 30.1. The smallest absolute Gasteiger partial charge is 0.139 e. The van der Waals surface area contributed by atoms with E-state index in [2.05, 4.69) is 175 Å². The Morgan fingerprint density at radius 3 is 1.85 bits per heavy atom. The monoisotopic (exact) mass is 698 g/mol. The summed E-state index contributed by atoms with van der Waals surface area (Å²) in [6, 6.07) is 62.5. The molecule has 0 unspecified atom stereocenters. The third kappa shape index (κ3) is 5.76. The van der Waals surface area contributed by atoms with Crippen LogP contribution in [0.5, 0.6) is 5.75 Å². The van der Waals surface area contributed by atoms with E-state index in [4.69, 9.17) is 9.97 Å². The fourth-order valence-corrected chi connectivity index (χ4v) is 7.77. The summed E-state index contributed by atoms with van der Waals surface area (Å²) in [7, 11) is 0. The van der Waals surface area contributed by atoms with Crippen LogP contribution in [-0.2, 0) is 5.41 Å². The van der Waals surface area contributed by atoms with Crippen LogP contribution in [0.1, 0.15) is 25.0 Å². The van der Waals surface area contributed by atoms with Crippen molar-refractivity contribution in [2.24, 2.45) is 0 Å². The lowest BCUT2D eigenvalue weighted by Crippen LogP contribution is -2.15. The van der Waals surface area contributed by atoms with Crippen molar-refractivity contribution in [1.82, 2.24) is 9.97 Å². The lowest BCUT2D eigenvalue weighted by atomic mass is 9.83. The number of benzene rings is 6. The van der Waals surface area contributed by atoms with Crippen LogP contribution in [-0.4, -0.2) is 15.1 Å². The second kappa shape index (κ2) is 13.5. The third-order valence-electron chi connectivity index (χ3n) is 10.4. The van der Waals surface area contributed by atoms with Gasteiger partial charge >= 0.3 is 0 Å². The normalized spacial score (nSPS) is 12.5. The van der Waals surface area contributed by atoms with Crippen LogP contribution in [0.4, 0.5) is 34.3 Å². The molecule has 5 nitrogen and oxygen atoms in total. The van der Waals surface area contributed by atoms with E-state index in [0.29, 0.717) is 0 Å². The average molecular weight is 699 g/mol. The van der Waals surface area contributed by atoms with Gasteiger partial charge in [-0.25, -0.2) is 9.97 Å². The van der Waals surface area contributed by atoms with E-state index in [1.165, 1.54) is 0 Å². The molecular formula is C49H38N4O. The van der Waals surface area contributed by atoms with Crippen LogP contribution >= 0.6 is 0 Å². The number of rotatable bonds is 8. The van der Waals surface area contributed by atoms with E-state index >= 15 is 0 Å². The molecule has 0 amide bonds. The summed E-state index contributed by atoms with van der Waals surface area (Å²) < 4.78 is 0. The van der Waals surface area contributed by atoms with Crippen molar-refractivity contribution in [2.75, 3.05) is 9.80 Å². The highest BCUT2D eigenvalue weighted by atomic mass is 16.3. The lowest BCUT2D eigenvalue weighted by molar-refractivity contribution is 0.476. The van der Waals surface area contributed by atoms with Crippen molar-refractivity contribution < 1.29 is 5.11 Å². The van der Waals surface area contributed by atoms with E-state index in [-0.39, 0.29) is 11.2 Å². The van der Waals surface area contributed by atoms with Gasteiger partial charge in [0.2, 0.25) is 0 Å². The lowest BCUT2D eigenvalue weighted by Gasteiger charge is -2.30. The Kier molecular flexibility index (Phi) is 8.24. The number of aromatic hydroxyl groups is 1. The minimum atomic E-state index is -0.265. The highest BCUT2D eigenvalue weighted by Gasteiger charge is 2.38. The number of fused-ring (bicyclic) bond motifs is 3. The van der Waals surface area contributed by atoms with Crippen LogP contribution in [0.2, 0.25) is 0 Å². The van der Waals surface area contributed by atoms with Gasteiger partial charge in [-0.1, -0.05) is 129 Å². The molecule has 0 aliphatic heterocycles. The van der Waals surface area contributed by atoms with E-state index in [1.54, 1.807) is 6.07 Å². The zero-order valence-electron chi connectivity index (χ0n) is 30.1. The Morgan fingerprint density at radius 1 is 0.500 bits per heavy atom. The van der Waals surface area contributed by atoms with Crippen LogP contribution in [0.15, 0.2) is 188 Å². The Labute approximate surface area is 316 Å². The summed E-state index contributed by atoms with van der Waals surface area (Å²) in [4.78, 5) is 14.8. The Balaban J connectivity index is 1.22. The molecule has 260 valence electrons. The van der Waals surface area contributed by atoms with Crippen molar-refractivity contribution in [3.05, 3.63) is 199 Å². The summed E-state index contributed by atoms with van der Waals surface area (Å²) >= 11 is 0. The van der Waals surface area contributed by atoms with E-state index in [1.807, 2.05) is 30.5 Å². The number of nitrogens with zero attached hydrogens (tertiary/aromatic N) is 4. The highest BCUT2D eigenvalue weighted by Crippen LogP contribution is 2.51. The number of hydrogen-bond acceptors (Lipinski definition) is 5. The van der Waals surface area contributed by atoms with Gasteiger partial charge in [0, 0.05) is 51.4 Å². The summed E-state index contributed by atoms with van der Waals surface area (Å²) in [5.74, 6) is 1.03. The molecule has 9 rings (SSSR count). The highest BCUT2D eigenvalue weighted by molar-refractivity contribution is 5.90. The first-order valence-electron chi connectivity index (χ1n) is 18.2. The standard InChI is InChI=1S/C49H38N4O/c1-49(2)41-25-15-27-45(54)47(41)48-42(49)28-29-43(51-48)35-18-14-23-38(32-35)53(44-26-13-12-24-40(44)34-16-6-3-7-17-34)46-33-39(30-31-50-46)52(36-19-8-4-9-20-36)37-21-10-5-11-22-37/h3-33,54H,1-2H3. The number of aromatic nitrogens is 2. The molecular weight excluding hydrogens is 661 g/mol. The first kappa shape index (κ1) is 32.9. The molecule has 1 aliphatic rings. The molecule has 0 saturated carbocycles. The molecule has 1 aliphatic carbocycles. The minimum Gasteiger partial charge on any atom is -0.507 e. The van der Waals surface area contributed by atoms with Gasteiger partial charge in [0.05, 0.1) is 22.8 Å². The van der Waals surface area contributed by atoms with Gasteiger partial charge in [0.15, 0.2) is 0 Å². The molecule has 6 aromatic carbocycles. The number of pyridine rings is 2. The molecule has 8 aromatic rings. The zero-order chi connectivity index (χ0) is 36.6. The molecule has 5 heteroatoms. The molecule has 0 atom stereocenters. The maximum atomic E-state index is 11.0. The van der Waals surface area contributed by atoms with E-state index in [9.17, 15) is 5.11 Å². The number of hydrogen-bond donors (Lipinski definition) is 1. The molecule has 1 N–H and O–H groups in total. The fraction of sp³-hybridized carbons (Fsp3) is 0.0612. The quantitative estimate of drug-likeness (QED) is 0.171. The van der Waals surface area contributed by atoms with Gasteiger partial charge in [0.25, 0.3) is 0 Å². The SMILES string of the molecule is CC1(C)c2ccc(-c3cccc(N(c4cc(N(c5ccccc5)c5ccccc5)ccn4)c4ccccc4-c4ccccc4)c3)nc2-c2c(O)cccc21. The molecule has 0 fully saturated rings. The third-order valence-corrected chi connectivity index (χ3v) is 10.4. The van der Waals surface area contributed by atoms with Gasteiger partial charge in [-0.2, -0.15) is 0 Å². The molecule has 0 saturated heterocycles. The summed E-state index contributed by atoms with van der Waals surface area (Å²) in [6.45, 7) is 4.39. The number of phenolic OH excluding ortho intramolecular Hbond substituents is 1. The fourth-order valence-electron chi connectivity index (χ4n) is 7.77. The number of phenols is 1. The average Bonchev–Trinajstić information content (AvgIpc) is 3.46. The largest absolute Gasteiger partial charge is 0.507 e. The topological polar surface area (TPSA) is 52.5 Å². The maximum absolute atomic E-state index is 11.0. The van der Waals surface area contributed by atoms with Gasteiger partial charge < -0.3 is 10.0 Å². The van der Waals surface area contributed by atoms with Gasteiger partial charge in [-0.05, 0) is 77.4 Å². The molecule has 0 radical (unpaired) electrons. The predicted octanol–water partition coefficient (Wildman–Crippen LogP) is 12.8. The molecule has 54 heavy (non-hydrogen) atoms. The van der Waals surface area contributed by atoms with E-state index in [0.717, 1.165) is 79.0 Å². The molecule has 0 bridgehead atoms. The van der Waals surface area contributed by atoms with Crippen molar-refractivity contribution in [3.8, 4) is 39.4 Å². The first-order chi connectivity index (χ1) is 26.5. The van der Waals surface area contributed by atoms with Crippen molar-refractivity contribution in [3.63, 3.8) is 0 Å². The maximum Gasteiger partial charge on any atom is 0.139 e. The predicted molar refractivity (Wildman–Crippen MR) is 221 cm³/mol. The summed E-state index contributed by atoms with van der Waals surface area (Å²) in [6.07, 6.45) is 1.89.